The highest BCUT2D eigenvalue weighted by atomic mass is 19.1. The molecule has 0 aliphatic carbocycles. The van der Waals surface area contributed by atoms with E-state index in [9.17, 15) is 9.18 Å². The van der Waals surface area contributed by atoms with Gasteiger partial charge in [-0.25, -0.2) is 4.39 Å². The van der Waals surface area contributed by atoms with Crippen molar-refractivity contribution in [2.24, 2.45) is 0 Å². The lowest BCUT2D eigenvalue weighted by atomic mass is 10.1. The minimum atomic E-state index is -0.316. The minimum absolute atomic E-state index is 0.0181. The van der Waals surface area contributed by atoms with E-state index in [0.717, 1.165) is 24.5 Å². The second kappa shape index (κ2) is 8.21. The second-order valence-corrected chi connectivity index (χ2v) is 6.80. The van der Waals surface area contributed by atoms with Crippen LogP contribution in [0.25, 0.3) is 0 Å². The molecule has 26 heavy (non-hydrogen) atoms. The summed E-state index contributed by atoms with van der Waals surface area (Å²) in [6.45, 7) is 6.85. The summed E-state index contributed by atoms with van der Waals surface area (Å²) in [7, 11) is 0. The molecule has 0 spiro atoms. The molecule has 1 heterocycles. The van der Waals surface area contributed by atoms with Crippen LogP contribution in [0.15, 0.2) is 48.5 Å². The van der Waals surface area contributed by atoms with Crippen molar-refractivity contribution in [3.05, 3.63) is 59.9 Å². The Morgan fingerprint density at radius 1 is 1.04 bits per heavy atom. The molecule has 0 saturated carbocycles. The molecule has 138 valence electrons. The van der Waals surface area contributed by atoms with Crippen molar-refractivity contribution in [1.29, 1.82) is 0 Å². The minimum Gasteiger partial charge on any atom is -0.491 e. The molecule has 2 aromatic carbocycles. The van der Waals surface area contributed by atoms with Gasteiger partial charge in [0.05, 0.1) is 12.5 Å². The van der Waals surface area contributed by atoms with E-state index in [1.165, 1.54) is 6.07 Å². The van der Waals surface area contributed by atoms with Crippen molar-refractivity contribution in [2.45, 2.75) is 26.4 Å². The highest BCUT2D eigenvalue weighted by molar-refractivity contribution is 5.79. The van der Waals surface area contributed by atoms with Gasteiger partial charge in [-0.3, -0.25) is 4.79 Å². The van der Waals surface area contributed by atoms with Crippen LogP contribution < -0.4 is 9.64 Å². The van der Waals surface area contributed by atoms with Gasteiger partial charge in [-0.1, -0.05) is 18.2 Å². The number of anilines is 1. The molecular formula is C21H25FN2O2. The SMILES string of the molecule is CC(C)Oc1ccc(N2CCN(C(=O)Cc3ccccc3F)CC2)cc1. The van der Waals surface area contributed by atoms with E-state index in [2.05, 4.69) is 17.0 Å². The molecule has 0 unspecified atom stereocenters. The highest BCUT2D eigenvalue weighted by Crippen LogP contribution is 2.22. The van der Waals surface area contributed by atoms with Crippen molar-refractivity contribution < 1.29 is 13.9 Å². The quantitative estimate of drug-likeness (QED) is 0.822. The average Bonchev–Trinajstić information content (AvgIpc) is 2.64. The van der Waals surface area contributed by atoms with E-state index in [4.69, 9.17) is 4.74 Å². The first-order valence-electron chi connectivity index (χ1n) is 9.06. The molecule has 4 nitrogen and oxygen atoms in total. The third kappa shape index (κ3) is 4.54. The maximum absolute atomic E-state index is 13.7. The lowest BCUT2D eigenvalue weighted by Crippen LogP contribution is -2.49. The number of hydrogen-bond acceptors (Lipinski definition) is 3. The summed E-state index contributed by atoms with van der Waals surface area (Å²) in [5.74, 6) is 0.529. The Balaban J connectivity index is 1.54. The van der Waals surface area contributed by atoms with Crippen LogP contribution in [0.4, 0.5) is 10.1 Å². The summed E-state index contributed by atoms with van der Waals surface area (Å²) in [5.41, 5.74) is 1.59. The standard InChI is InChI=1S/C21H25FN2O2/c1-16(2)26-19-9-7-18(8-10-19)23-11-13-24(14-12-23)21(25)15-17-5-3-4-6-20(17)22/h3-10,16H,11-15H2,1-2H3. The Morgan fingerprint density at radius 2 is 1.69 bits per heavy atom. The summed E-state index contributed by atoms with van der Waals surface area (Å²) >= 11 is 0. The summed E-state index contributed by atoms with van der Waals surface area (Å²) in [4.78, 5) is 16.5. The van der Waals surface area contributed by atoms with Crippen molar-refractivity contribution >= 4 is 11.6 Å². The molecule has 0 radical (unpaired) electrons. The number of halogens is 1. The number of amides is 1. The fourth-order valence-corrected chi connectivity index (χ4v) is 3.14. The van der Waals surface area contributed by atoms with E-state index in [-0.39, 0.29) is 24.2 Å². The van der Waals surface area contributed by atoms with Gasteiger partial charge in [0.15, 0.2) is 0 Å². The predicted molar refractivity (Wildman–Crippen MR) is 101 cm³/mol. The molecular weight excluding hydrogens is 331 g/mol. The molecule has 0 bridgehead atoms. The van der Waals surface area contributed by atoms with E-state index in [1.807, 2.05) is 30.9 Å². The molecule has 1 aliphatic heterocycles. The van der Waals surface area contributed by atoms with Crippen LogP contribution in [-0.2, 0) is 11.2 Å². The third-order valence-electron chi connectivity index (χ3n) is 4.51. The molecule has 1 amide bonds. The zero-order valence-corrected chi connectivity index (χ0v) is 15.3. The van der Waals surface area contributed by atoms with E-state index < -0.39 is 0 Å². The Kier molecular flexibility index (Phi) is 5.76. The number of carbonyl (C=O) groups excluding carboxylic acids is 1. The van der Waals surface area contributed by atoms with E-state index >= 15 is 0 Å². The fraction of sp³-hybridized carbons (Fsp3) is 0.381. The van der Waals surface area contributed by atoms with Gasteiger partial charge < -0.3 is 14.5 Å². The van der Waals surface area contributed by atoms with E-state index in [0.29, 0.717) is 18.7 Å². The second-order valence-electron chi connectivity index (χ2n) is 6.80. The molecule has 0 N–H and O–H groups in total. The molecule has 0 atom stereocenters. The normalized spacial score (nSPS) is 14.6. The number of carbonyl (C=O) groups is 1. The summed E-state index contributed by atoms with van der Waals surface area (Å²) in [6.07, 6.45) is 0.276. The Hall–Kier alpha value is -2.56. The topological polar surface area (TPSA) is 32.8 Å². The highest BCUT2D eigenvalue weighted by Gasteiger charge is 2.22. The third-order valence-corrected chi connectivity index (χ3v) is 4.51. The Morgan fingerprint density at radius 3 is 2.31 bits per heavy atom. The van der Waals surface area contributed by atoms with Crippen LogP contribution in [0.3, 0.4) is 0 Å². The van der Waals surface area contributed by atoms with Crippen LogP contribution in [-0.4, -0.2) is 43.1 Å². The smallest absolute Gasteiger partial charge is 0.227 e. The number of benzene rings is 2. The van der Waals surface area contributed by atoms with Gasteiger partial charge in [-0.2, -0.15) is 0 Å². The number of hydrogen-bond donors (Lipinski definition) is 0. The van der Waals surface area contributed by atoms with Crippen LogP contribution >= 0.6 is 0 Å². The van der Waals surface area contributed by atoms with Gasteiger partial charge in [0.1, 0.15) is 11.6 Å². The molecule has 1 aliphatic rings. The monoisotopic (exact) mass is 356 g/mol. The van der Waals surface area contributed by atoms with Crippen LogP contribution in [0.5, 0.6) is 5.75 Å². The van der Waals surface area contributed by atoms with Crippen LogP contribution in [0.1, 0.15) is 19.4 Å². The number of piperazine rings is 1. The lowest BCUT2D eigenvalue weighted by Gasteiger charge is -2.36. The van der Waals surface area contributed by atoms with Crippen molar-refractivity contribution in [2.75, 3.05) is 31.1 Å². The van der Waals surface area contributed by atoms with E-state index in [1.54, 1.807) is 18.2 Å². The van der Waals surface area contributed by atoms with Crippen molar-refractivity contribution in [3.63, 3.8) is 0 Å². The summed E-state index contributed by atoms with van der Waals surface area (Å²) in [5, 5.41) is 0. The number of nitrogens with zero attached hydrogens (tertiary/aromatic N) is 2. The van der Waals surface area contributed by atoms with Crippen molar-refractivity contribution in [3.8, 4) is 5.75 Å². The van der Waals surface area contributed by atoms with Gasteiger partial charge in [-0.05, 0) is 49.7 Å². The zero-order chi connectivity index (χ0) is 18.5. The average molecular weight is 356 g/mol. The molecule has 0 aromatic heterocycles. The largest absolute Gasteiger partial charge is 0.491 e. The van der Waals surface area contributed by atoms with Gasteiger partial charge in [0.25, 0.3) is 0 Å². The molecule has 2 aromatic rings. The van der Waals surface area contributed by atoms with Gasteiger partial charge in [0, 0.05) is 31.9 Å². The fourth-order valence-electron chi connectivity index (χ4n) is 3.14. The van der Waals surface area contributed by atoms with Crippen LogP contribution in [0.2, 0.25) is 0 Å². The van der Waals surface area contributed by atoms with Gasteiger partial charge >= 0.3 is 0 Å². The molecule has 1 saturated heterocycles. The lowest BCUT2D eigenvalue weighted by molar-refractivity contribution is -0.130. The maximum atomic E-state index is 13.7. The zero-order valence-electron chi connectivity index (χ0n) is 15.3. The molecule has 1 fully saturated rings. The number of rotatable bonds is 5. The first-order chi connectivity index (χ1) is 12.5. The molecule has 5 heteroatoms. The Bertz CT molecular complexity index is 738. The van der Waals surface area contributed by atoms with Gasteiger partial charge in [0.2, 0.25) is 5.91 Å². The number of ether oxygens (including phenoxy) is 1. The van der Waals surface area contributed by atoms with Crippen molar-refractivity contribution in [1.82, 2.24) is 4.90 Å². The van der Waals surface area contributed by atoms with Crippen LogP contribution in [0, 0.1) is 5.82 Å². The predicted octanol–water partition coefficient (Wildman–Crippen LogP) is 3.50. The summed E-state index contributed by atoms with van der Waals surface area (Å²) < 4.78 is 19.4. The maximum Gasteiger partial charge on any atom is 0.227 e. The first-order valence-corrected chi connectivity index (χ1v) is 9.06. The first kappa shape index (κ1) is 18.2. The van der Waals surface area contributed by atoms with Gasteiger partial charge in [-0.15, -0.1) is 0 Å². The molecule has 3 rings (SSSR count). The summed E-state index contributed by atoms with van der Waals surface area (Å²) in [6, 6.07) is 14.5. The Labute approximate surface area is 154 Å².